The van der Waals surface area contributed by atoms with Crippen molar-refractivity contribution in [1.82, 2.24) is 15.1 Å². The highest BCUT2D eigenvalue weighted by atomic mass is 16.5. The summed E-state index contributed by atoms with van der Waals surface area (Å²) in [6.07, 6.45) is 8.99. The second-order valence-corrected chi connectivity index (χ2v) is 6.06. The Balaban J connectivity index is 1.56. The van der Waals surface area contributed by atoms with Crippen molar-refractivity contribution in [2.24, 2.45) is 5.92 Å². The van der Waals surface area contributed by atoms with E-state index in [-0.39, 0.29) is 17.9 Å². The lowest BCUT2D eigenvalue weighted by Crippen LogP contribution is -2.46. The van der Waals surface area contributed by atoms with Crippen LogP contribution in [0.25, 0.3) is 0 Å². The summed E-state index contributed by atoms with van der Waals surface area (Å²) in [5.41, 5.74) is 0. The van der Waals surface area contributed by atoms with Crippen molar-refractivity contribution in [2.75, 3.05) is 20.2 Å². The van der Waals surface area contributed by atoms with Crippen LogP contribution in [0.3, 0.4) is 0 Å². The molecule has 6 nitrogen and oxygen atoms in total. The lowest BCUT2D eigenvalue weighted by Gasteiger charge is -2.35. The van der Waals surface area contributed by atoms with Gasteiger partial charge in [0.05, 0.1) is 13.7 Å². The number of rotatable bonds is 4. The number of hydrogen-bond donors (Lipinski definition) is 0. The summed E-state index contributed by atoms with van der Waals surface area (Å²) in [4.78, 5) is 14.6. The maximum atomic E-state index is 12.6. The minimum Gasteiger partial charge on any atom is -0.480 e. The van der Waals surface area contributed by atoms with Gasteiger partial charge in [0.15, 0.2) is 0 Å². The molecule has 3 rings (SSSR count). The van der Waals surface area contributed by atoms with Gasteiger partial charge in [-0.25, -0.2) is 0 Å². The van der Waals surface area contributed by atoms with E-state index in [1.807, 2.05) is 4.90 Å². The van der Waals surface area contributed by atoms with E-state index in [2.05, 4.69) is 22.3 Å². The highest BCUT2D eigenvalue weighted by Gasteiger charge is 2.29. The Kier molecular flexibility index (Phi) is 5.10. The van der Waals surface area contributed by atoms with Crippen molar-refractivity contribution in [3.8, 4) is 11.8 Å². The zero-order valence-corrected chi connectivity index (χ0v) is 13.5. The second-order valence-electron chi connectivity index (χ2n) is 6.06. The van der Waals surface area contributed by atoms with Gasteiger partial charge in [0.25, 0.3) is 0 Å². The predicted octanol–water partition coefficient (Wildman–Crippen LogP) is 2.21. The number of allylic oxidation sites excluding steroid dienone is 2. The highest BCUT2D eigenvalue weighted by Crippen LogP contribution is 2.24. The Morgan fingerprint density at radius 2 is 2.04 bits per heavy atom. The first kappa shape index (κ1) is 15.8. The number of aromatic nitrogens is 2. The van der Waals surface area contributed by atoms with Crippen LogP contribution in [0, 0.1) is 5.92 Å². The topological polar surface area (TPSA) is 64.6 Å². The molecular formula is C17H23N3O3. The fraction of sp³-hybridized carbons (Fsp3) is 0.588. The summed E-state index contributed by atoms with van der Waals surface area (Å²) in [7, 11) is 1.55. The van der Waals surface area contributed by atoms with Crippen molar-refractivity contribution in [3.05, 3.63) is 24.3 Å². The van der Waals surface area contributed by atoms with E-state index in [0.717, 1.165) is 38.6 Å². The van der Waals surface area contributed by atoms with Crippen molar-refractivity contribution < 1.29 is 14.3 Å². The molecule has 23 heavy (non-hydrogen) atoms. The molecule has 1 amide bonds. The largest absolute Gasteiger partial charge is 0.480 e. The summed E-state index contributed by atoms with van der Waals surface area (Å²) >= 11 is 0. The number of methoxy groups -OCH3 is 1. The molecule has 2 atom stereocenters. The molecule has 1 aliphatic heterocycles. The molecule has 1 fully saturated rings. The van der Waals surface area contributed by atoms with Gasteiger partial charge in [-0.15, -0.1) is 10.2 Å². The van der Waals surface area contributed by atoms with Crippen LogP contribution < -0.4 is 9.47 Å². The lowest BCUT2D eigenvalue weighted by atomic mass is 9.92. The fourth-order valence-corrected chi connectivity index (χ4v) is 3.16. The van der Waals surface area contributed by atoms with Gasteiger partial charge in [-0.05, 0) is 32.1 Å². The highest BCUT2D eigenvalue weighted by molar-refractivity contribution is 5.79. The lowest BCUT2D eigenvalue weighted by molar-refractivity contribution is -0.138. The molecule has 1 saturated heterocycles. The standard InChI is InChI=1S/C17H23N3O3/c1-22-15-9-10-16(19-18-15)23-14-8-5-11-20(12-14)17(21)13-6-3-2-4-7-13/h2-3,9-10,13-14H,4-8,11-12H2,1H3. The summed E-state index contributed by atoms with van der Waals surface area (Å²) in [6, 6.07) is 3.47. The first-order valence-corrected chi connectivity index (χ1v) is 8.24. The molecule has 0 N–H and O–H groups in total. The smallest absolute Gasteiger partial charge is 0.233 e. The van der Waals surface area contributed by atoms with Crippen LogP contribution in [-0.4, -0.2) is 47.3 Å². The maximum Gasteiger partial charge on any atom is 0.233 e. The number of piperidine rings is 1. The van der Waals surface area contributed by atoms with Crippen LogP contribution in [0.5, 0.6) is 11.8 Å². The zero-order valence-electron chi connectivity index (χ0n) is 13.5. The van der Waals surface area contributed by atoms with Gasteiger partial charge < -0.3 is 14.4 Å². The monoisotopic (exact) mass is 317 g/mol. The van der Waals surface area contributed by atoms with Gasteiger partial charge >= 0.3 is 0 Å². The molecule has 0 saturated carbocycles. The molecule has 0 aromatic carbocycles. The van der Waals surface area contributed by atoms with Crippen LogP contribution in [0.4, 0.5) is 0 Å². The first-order chi connectivity index (χ1) is 11.3. The van der Waals surface area contributed by atoms with Crippen molar-refractivity contribution in [3.63, 3.8) is 0 Å². The molecule has 6 heteroatoms. The van der Waals surface area contributed by atoms with Crippen molar-refractivity contribution >= 4 is 5.91 Å². The number of likely N-dealkylation sites (tertiary alicyclic amines) is 1. The van der Waals surface area contributed by atoms with E-state index < -0.39 is 0 Å². The molecule has 0 radical (unpaired) electrons. The third kappa shape index (κ3) is 4.00. The summed E-state index contributed by atoms with van der Waals surface area (Å²) in [6.45, 7) is 1.46. The Hall–Kier alpha value is -2.11. The molecule has 1 aromatic heterocycles. The van der Waals surface area contributed by atoms with E-state index in [0.29, 0.717) is 18.3 Å². The van der Waals surface area contributed by atoms with Gasteiger partial charge in [0.2, 0.25) is 17.7 Å². The number of carbonyl (C=O) groups is 1. The SMILES string of the molecule is COc1ccc(OC2CCCN(C(=O)C3CC=CCC3)C2)nn1. The van der Waals surface area contributed by atoms with Gasteiger partial charge in [-0.3, -0.25) is 4.79 Å². The first-order valence-electron chi connectivity index (χ1n) is 8.24. The molecule has 0 bridgehead atoms. The molecular weight excluding hydrogens is 294 g/mol. The van der Waals surface area contributed by atoms with Crippen LogP contribution in [0.1, 0.15) is 32.1 Å². The van der Waals surface area contributed by atoms with E-state index in [4.69, 9.17) is 9.47 Å². The van der Waals surface area contributed by atoms with E-state index in [1.54, 1.807) is 19.2 Å². The molecule has 124 valence electrons. The average molecular weight is 317 g/mol. The van der Waals surface area contributed by atoms with Gasteiger partial charge in [0, 0.05) is 24.6 Å². The molecule has 2 aliphatic rings. The number of ether oxygens (including phenoxy) is 2. The number of nitrogens with zero attached hydrogens (tertiary/aromatic N) is 3. The van der Waals surface area contributed by atoms with Gasteiger partial charge in [-0.2, -0.15) is 0 Å². The normalized spacial score (nSPS) is 24.3. The Morgan fingerprint density at radius 1 is 1.22 bits per heavy atom. The molecule has 0 spiro atoms. The third-order valence-corrected chi connectivity index (χ3v) is 4.42. The van der Waals surface area contributed by atoms with Gasteiger partial charge in [-0.1, -0.05) is 12.2 Å². The molecule has 1 aromatic rings. The summed E-state index contributed by atoms with van der Waals surface area (Å²) < 4.78 is 10.9. The van der Waals surface area contributed by atoms with Crippen LogP contribution in [0.2, 0.25) is 0 Å². The maximum absolute atomic E-state index is 12.6. The van der Waals surface area contributed by atoms with E-state index in [1.165, 1.54) is 0 Å². The quantitative estimate of drug-likeness (QED) is 0.797. The fourth-order valence-electron chi connectivity index (χ4n) is 3.16. The second kappa shape index (κ2) is 7.44. The molecule has 2 unspecified atom stereocenters. The average Bonchev–Trinajstić information content (AvgIpc) is 2.63. The number of hydrogen-bond acceptors (Lipinski definition) is 5. The Labute approximate surface area is 136 Å². The van der Waals surface area contributed by atoms with Crippen molar-refractivity contribution in [2.45, 2.75) is 38.2 Å². The number of amides is 1. The summed E-state index contributed by atoms with van der Waals surface area (Å²) in [5, 5.41) is 7.90. The van der Waals surface area contributed by atoms with Gasteiger partial charge in [0.1, 0.15) is 6.10 Å². The summed E-state index contributed by atoms with van der Waals surface area (Å²) in [5.74, 6) is 1.34. The van der Waals surface area contributed by atoms with Crippen LogP contribution in [0.15, 0.2) is 24.3 Å². The molecule has 2 heterocycles. The zero-order chi connectivity index (χ0) is 16.1. The Morgan fingerprint density at radius 3 is 2.74 bits per heavy atom. The predicted molar refractivity (Wildman–Crippen MR) is 85.3 cm³/mol. The minimum absolute atomic E-state index is 0.0190. The van der Waals surface area contributed by atoms with E-state index >= 15 is 0 Å². The van der Waals surface area contributed by atoms with E-state index in [9.17, 15) is 4.79 Å². The van der Waals surface area contributed by atoms with Crippen LogP contribution in [-0.2, 0) is 4.79 Å². The van der Waals surface area contributed by atoms with Crippen LogP contribution >= 0.6 is 0 Å². The van der Waals surface area contributed by atoms with Crippen molar-refractivity contribution in [1.29, 1.82) is 0 Å². The minimum atomic E-state index is -0.0190. The third-order valence-electron chi connectivity index (χ3n) is 4.42. The number of carbonyl (C=O) groups excluding carboxylic acids is 1. The molecule has 1 aliphatic carbocycles. The Bertz CT molecular complexity index is 559.